The van der Waals surface area contributed by atoms with Crippen molar-refractivity contribution in [2.45, 2.75) is 58.5 Å². The summed E-state index contributed by atoms with van der Waals surface area (Å²) < 4.78 is 4.90. The fourth-order valence-corrected chi connectivity index (χ4v) is 3.63. The fourth-order valence-electron chi connectivity index (χ4n) is 3.63. The quantitative estimate of drug-likeness (QED) is 0.481. The summed E-state index contributed by atoms with van der Waals surface area (Å²) in [7, 11) is 1.30. The van der Waals surface area contributed by atoms with Crippen molar-refractivity contribution in [3.63, 3.8) is 0 Å². The van der Waals surface area contributed by atoms with Gasteiger partial charge < -0.3 is 15.4 Å². The average Bonchev–Trinajstić information content (AvgIpc) is 2.82. The first-order valence-corrected chi connectivity index (χ1v) is 11.6. The van der Waals surface area contributed by atoms with Crippen LogP contribution in [0.5, 0.6) is 0 Å². The predicted octanol–water partition coefficient (Wildman–Crippen LogP) is 3.69. The van der Waals surface area contributed by atoms with Gasteiger partial charge in [-0.15, -0.1) is 0 Å². The van der Waals surface area contributed by atoms with Gasteiger partial charge in [0.1, 0.15) is 12.1 Å². The standard InChI is InChI=1S/C27H36N2O4/c1-19(2)17-23(28-25(30)20(3)15-16-21-11-7-5-8-12-21)26(31)29-24(27(32)33-4)18-22-13-9-6-10-14-22/h5-14,19-20,23-24H,15-18H2,1-4H3,(H,28,30)(H,29,31)/t20?,23-,24?/m0/s1. The highest BCUT2D eigenvalue weighted by Gasteiger charge is 2.29. The van der Waals surface area contributed by atoms with Gasteiger partial charge in [-0.2, -0.15) is 0 Å². The van der Waals surface area contributed by atoms with Crippen LogP contribution in [0.4, 0.5) is 0 Å². The van der Waals surface area contributed by atoms with E-state index in [1.165, 1.54) is 12.7 Å². The van der Waals surface area contributed by atoms with E-state index in [2.05, 4.69) is 10.6 Å². The van der Waals surface area contributed by atoms with Gasteiger partial charge in [0, 0.05) is 12.3 Å². The molecule has 0 bridgehead atoms. The minimum Gasteiger partial charge on any atom is -0.467 e. The molecule has 0 heterocycles. The summed E-state index contributed by atoms with van der Waals surface area (Å²) in [6.45, 7) is 5.86. The van der Waals surface area contributed by atoms with Crippen molar-refractivity contribution in [1.82, 2.24) is 10.6 Å². The molecule has 0 saturated heterocycles. The maximum Gasteiger partial charge on any atom is 0.328 e. The molecule has 2 unspecified atom stereocenters. The summed E-state index contributed by atoms with van der Waals surface area (Å²) in [5, 5.41) is 5.70. The second-order valence-electron chi connectivity index (χ2n) is 8.89. The number of carbonyl (C=O) groups excluding carboxylic acids is 3. The van der Waals surface area contributed by atoms with E-state index in [1.807, 2.05) is 81.4 Å². The van der Waals surface area contributed by atoms with Crippen molar-refractivity contribution in [1.29, 1.82) is 0 Å². The first-order valence-electron chi connectivity index (χ1n) is 11.6. The molecule has 0 aliphatic rings. The Labute approximate surface area is 197 Å². The number of hydrogen-bond donors (Lipinski definition) is 2. The Balaban J connectivity index is 2.02. The number of benzene rings is 2. The van der Waals surface area contributed by atoms with Crippen molar-refractivity contribution in [3.8, 4) is 0 Å². The molecule has 2 N–H and O–H groups in total. The molecule has 0 spiro atoms. The van der Waals surface area contributed by atoms with Gasteiger partial charge in [0.05, 0.1) is 7.11 Å². The topological polar surface area (TPSA) is 84.5 Å². The third-order valence-corrected chi connectivity index (χ3v) is 5.58. The zero-order chi connectivity index (χ0) is 24.2. The van der Waals surface area contributed by atoms with Crippen LogP contribution in [0.2, 0.25) is 0 Å². The number of aryl methyl sites for hydroxylation is 1. The van der Waals surface area contributed by atoms with E-state index in [0.29, 0.717) is 19.3 Å². The SMILES string of the molecule is COC(=O)C(Cc1ccccc1)NC(=O)[C@H](CC(C)C)NC(=O)C(C)CCc1ccccc1. The molecule has 0 saturated carbocycles. The molecule has 0 aliphatic heterocycles. The third-order valence-electron chi connectivity index (χ3n) is 5.58. The van der Waals surface area contributed by atoms with Crippen LogP contribution in [-0.4, -0.2) is 37.0 Å². The molecule has 0 aliphatic carbocycles. The lowest BCUT2D eigenvalue weighted by Gasteiger charge is -2.24. The fraction of sp³-hybridized carbons (Fsp3) is 0.444. The molecule has 33 heavy (non-hydrogen) atoms. The van der Waals surface area contributed by atoms with E-state index in [0.717, 1.165) is 12.0 Å². The number of amides is 2. The molecule has 2 rings (SSSR count). The molecule has 178 valence electrons. The van der Waals surface area contributed by atoms with Crippen LogP contribution in [0, 0.1) is 11.8 Å². The van der Waals surface area contributed by atoms with Gasteiger partial charge in [0.25, 0.3) is 0 Å². The number of nitrogens with one attached hydrogen (secondary N) is 2. The smallest absolute Gasteiger partial charge is 0.328 e. The zero-order valence-electron chi connectivity index (χ0n) is 20.0. The lowest BCUT2D eigenvalue weighted by molar-refractivity contribution is -0.145. The summed E-state index contributed by atoms with van der Waals surface area (Å²) >= 11 is 0. The normalized spacial score (nSPS) is 13.6. The van der Waals surface area contributed by atoms with Gasteiger partial charge in [-0.3, -0.25) is 9.59 Å². The second-order valence-corrected chi connectivity index (χ2v) is 8.89. The van der Waals surface area contributed by atoms with E-state index >= 15 is 0 Å². The van der Waals surface area contributed by atoms with E-state index in [-0.39, 0.29) is 23.7 Å². The van der Waals surface area contributed by atoms with Crippen molar-refractivity contribution >= 4 is 17.8 Å². The van der Waals surface area contributed by atoms with E-state index in [4.69, 9.17) is 4.74 Å². The Morgan fingerprint density at radius 3 is 1.88 bits per heavy atom. The molecule has 0 radical (unpaired) electrons. The van der Waals surface area contributed by atoms with E-state index < -0.39 is 18.1 Å². The number of rotatable bonds is 12. The summed E-state index contributed by atoms with van der Waals surface area (Å²) in [4.78, 5) is 38.3. The van der Waals surface area contributed by atoms with Gasteiger partial charge >= 0.3 is 5.97 Å². The van der Waals surface area contributed by atoms with Crippen LogP contribution >= 0.6 is 0 Å². The highest BCUT2D eigenvalue weighted by Crippen LogP contribution is 2.13. The van der Waals surface area contributed by atoms with Gasteiger partial charge in [-0.25, -0.2) is 4.79 Å². The molecular formula is C27H36N2O4. The number of ether oxygens (including phenoxy) is 1. The second kappa shape index (κ2) is 13.4. The molecule has 2 aromatic rings. The van der Waals surface area contributed by atoms with E-state index in [1.54, 1.807) is 0 Å². The van der Waals surface area contributed by atoms with Crippen LogP contribution in [-0.2, 0) is 32.0 Å². The number of hydrogen-bond acceptors (Lipinski definition) is 4. The average molecular weight is 453 g/mol. The first kappa shape index (κ1) is 26.1. The molecule has 0 aromatic heterocycles. The highest BCUT2D eigenvalue weighted by molar-refractivity contribution is 5.91. The lowest BCUT2D eigenvalue weighted by atomic mass is 9.98. The summed E-state index contributed by atoms with van der Waals surface area (Å²) in [5.41, 5.74) is 2.09. The van der Waals surface area contributed by atoms with Crippen molar-refractivity contribution in [2.24, 2.45) is 11.8 Å². The maximum atomic E-state index is 13.1. The van der Waals surface area contributed by atoms with Crippen molar-refractivity contribution in [2.75, 3.05) is 7.11 Å². The first-order chi connectivity index (χ1) is 15.8. The summed E-state index contributed by atoms with van der Waals surface area (Å²) in [6.07, 6.45) is 2.26. The summed E-state index contributed by atoms with van der Waals surface area (Å²) in [6, 6.07) is 17.9. The van der Waals surface area contributed by atoms with Crippen LogP contribution < -0.4 is 10.6 Å². The molecule has 6 nitrogen and oxygen atoms in total. The maximum absolute atomic E-state index is 13.1. The highest BCUT2D eigenvalue weighted by atomic mass is 16.5. The summed E-state index contributed by atoms with van der Waals surface area (Å²) in [5.74, 6) is -1.11. The minimum absolute atomic E-state index is 0.163. The molecule has 2 aromatic carbocycles. The van der Waals surface area contributed by atoms with Crippen LogP contribution in [0.25, 0.3) is 0 Å². The lowest BCUT2D eigenvalue weighted by Crippen LogP contribution is -2.53. The third kappa shape index (κ3) is 9.08. The Morgan fingerprint density at radius 2 is 1.33 bits per heavy atom. The molecule has 3 atom stereocenters. The van der Waals surface area contributed by atoms with E-state index in [9.17, 15) is 14.4 Å². The molecule has 0 fully saturated rings. The Hall–Kier alpha value is -3.15. The van der Waals surface area contributed by atoms with Crippen molar-refractivity contribution < 1.29 is 19.1 Å². The number of esters is 1. The minimum atomic E-state index is -0.827. The largest absolute Gasteiger partial charge is 0.467 e. The van der Waals surface area contributed by atoms with Gasteiger partial charge in [0.2, 0.25) is 11.8 Å². The number of carbonyl (C=O) groups is 3. The molecule has 2 amide bonds. The molecular weight excluding hydrogens is 416 g/mol. The van der Waals surface area contributed by atoms with Crippen LogP contribution in [0.1, 0.15) is 44.7 Å². The van der Waals surface area contributed by atoms with Gasteiger partial charge in [-0.05, 0) is 36.3 Å². The Kier molecular flexibility index (Phi) is 10.6. The zero-order valence-corrected chi connectivity index (χ0v) is 20.0. The Bertz CT molecular complexity index is 884. The van der Waals surface area contributed by atoms with Crippen molar-refractivity contribution in [3.05, 3.63) is 71.8 Å². The Morgan fingerprint density at radius 1 is 0.788 bits per heavy atom. The monoisotopic (exact) mass is 452 g/mol. The van der Waals surface area contributed by atoms with Gasteiger partial charge in [0.15, 0.2) is 0 Å². The molecule has 6 heteroatoms. The predicted molar refractivity (Wildman–Crippen MR) is 129 cm³/mol. The van der Waals surface area contributed by atoms with Gasteiger partial charge in [-0.1, -0.05) is 81.4 Å². The van der Waals surface area contributed by atoms with Crippen LogP contribution in [0.15, 0.2) is 60.7 Å². The van der Waals surface area contributed by atoms with Crippen LogP contribution in [0.3, 0.4) is 0 Å². The number of methoxy groups -OCH3 is 1.